The van der Waals surface area contributed by atoms with Gasteiger partial charge in [0.05, 0.1) is 0 Å². The van der Waals surface area contributed by atoms with Gasteiger partial charge >= 0.3 is 0 Å². The van der Waals surface area contributed by atoms with Crippen molar-refractivity contribution in [3.63, 3.8) is 0 Å². The molecule has 0 aliphatic rings. The fraction of sp³-hybridized carbons (Fsp3) is 0.429. The van der Waals surface area contributed by atoms with Crippen molar-refractivity contribution in [2.24, 2.45) is 0 Å². The van der Waals surface area contributed by atoms with E-state index < -0.39 is 0 Å². The van der Waals surface area contributed by atoms with Gasteiger partial charge in [-0.25, -0.2) is 0 Å². The second-order valence-corrected chi connectivity index (χ2v) is 2.11. The highest BCUT2D eigenvalue weighted by molar-refractivity contribution is 7.84. The quantitative estimate of drug-likeness (QED) is 0.429. The largest absolute Gasteiger partial charge is 0.148 e. The monoisotopic (exact) mass is 128 g/mol. The van der Waals surface area contributed by atoms with Crippen LogP contribution in [0.1, 0.15) is 20.3 Å². The van der Waals surface area contributed by atoms with Crippen molar-refractivity contribution >= 4 is 12.6 Å². The van der Waals surface area contributed by atoms with E-state index in [1.165, 1.54) is 0 Å². The fourth-order valence-corrected chi connectivity index (χ4v) is 0.411. The molecule has 0 aliphatic heterocycles. The molecule has 0 nitrogen and oxygen atoms in total. The van der Waals surface area contributed by atoms with Crippen molar-refractivity contribution < 1.29 is 0 Å². The van der Waals surface area contributed by atoms with E-state index in [1.54, 1.807) is 0 Å². The molecule has 0 aromatic carbocycles. The average Bonchev–Trinajstić information content (AvgIpc) is 1.83. The number of allylic oxidation sites excluding steroid dienone is 4. The Labute approximate surface area is 56.7 Å². The maximum Gasteiger partial charge on any atom is -0.0187 e. The van der Waals surface area contributed by atoms with Crippen molar-refractivity contribution in [3.8, 4) is 0 Å². The Balaban J connectivity index is 3.57. The van der Waals surface area contributed by atoms with Gasteiger partial charge < -0.3 is 0 Å². The van der Waals surface area contributed by atoms with Crippen LogP contribution in [0, 0.1) is 0 Å². The highest BCUT2D eigenvalue weighted by Gasteiger charge is 1.76. The second kappa shape index (κ2) is 4.98. The normalized spacial score (nSPS) is 13.1. The van der Waals surface area contributed by atoms with Gasteiger partial charge in [0.15, 0.2) is 0 Å². The van der Waals surface area contributed by atoms with Gasteiger partial charge in [-0.15, -0.1) is 12.6 Å². The number of hydrogen-bond donors (Lipinski definition) is 1. The molecule has 0 rings (SSSR count). The van der Waals surface area contributed by atoms with Gasteiger partial charge in [-0.05, 0) is 18.2 Å². The molecule has 1 heteroatoms. The number of thiol groups is 1. The molecule has 46 valence electrons. The van der Waals surface area contributed by atoms with Gasteiger partial charge in [-0.3, -0.25) is 0 Å². The summed E-state index contributed by atoms with van der Waals surface area (Å²) < 4.78 is 0. The Morgan fingerprint density at radius 3 is 2.62 bits per heavy atom. The molecule has 0 radical (unpaired) electrons. The first-order valence-electron chi connectivity index (χ1n) is 2.82. The average molecular weight is 128 g/mol. The molecular weight excluding hydrogens is 116 g/mol. The van der Waals surface area contributed by atoms with Crippen molar-refractivity contribution in [3.05, 3.63) is 23.1 Å². The van der Waals surface area contributed by atoms with Gasteiger partial charge in [0, 0.05) is 0 Å². The smallest absolute Gasteiger partial charge is 0.0187 e. The molecule has 0 atom stereocenters. The fourth-order valence-electron chi connectivity index (χ4n) is 0.325. The Hall–Kier alpha value is -0.170. The van der Waals surface area contributed by atoms with Crippen LogP contribution in [0.2, 0.25) is 0 Å². The van der Waals surface area contributed by atoms with Gasteiger partial charge in [0.2, 0.25) is 0 Å². The van der Waals surface area contributed by atoms with E-state index in [-0.39, 0.29) is 0 Å². The summed E-state index contributed by atoms with van der Waals surface area (Å²) in [6.45, 7) is 4.08. The summed E-state index contributed by atoms with van der Waals surface area (Å²) >= 11 is 4.17. The van der Waals surface area contributed by atoms with Crippen molar-refractivity contribution in [2.75, 3.05) is 0 Å². The van der Waals surface area contributed by atoms with Gasteiger partial charge in [0.25, 0.3) is 0 Å². The number of rotatable bonds is 2. The second-order valence-electron chi connectivity index (χ2n) is 1.54. The molecule has 0 aromatic heterocycles. The molecular formula is C7H12S. The van der Waals surface area contributed by atoms with Crippen molar-refractivity contribution in [2.45, 2.75) is 20.3 Å². The molecule has 0 heterocycles. The molecule has 0 saturated carbocycles. The zero-order valence-electron chi connectivity index (χ0n) is 5.39. The minimum atomic E-state index is 1.02. The summed E-state index contributed by atoms with van der Waals surface area (Å²) in [5, 5.41) is 0. The summed E-state index contributed by atoms with van der Waals surface area (Å²) in [6, 6.07) is 0. The lowest BCUT2D eigenvalue weighted by Gasteiger charge is -1.85. The third-order valence-corrected chi connectivity index (χ3v) is 1.31. The van der Waals surface area contributed by atoms with Crippen LogP contribution in [0.25, 0.3) is 0 Å². The van der Waals surface area contributed by atoms with Crippen molar-refractivity contribution in [1.29, 1.82) is 0 Å². The maximum atomic E-state index is 4.17. The topological polar surface area (TPSA) is 0 Å². The number of hydrogen-bond acceptors (Lipinski definition) is 1. The summed E-state index contributed by atoms with van der Waals surface area (Å²) in [6.07, 6.45) is 7.01. The van der Waals surface area contributed by atoms with Crippen LogP contribution in [0.3, 0.4) is 0 Å². The Morgan fingerprint density at radius 2 is 2.25 bits per heavy atom. The lowest BCUT2D eigenvalue weighted by atomic mass is 10.4. The Bertz CT molecular complexity index is 101. The van der Waals surface area contributed by atoms with Crippen LogP contribution in [-0.4, -0.2) is 0 Å². The highest BCUT2D eigenvalue weighted by atomic mass is 32.1. The molecule has 0 fully saturated rings. The lowest BCUT2D eigenvalue weighted by Crippen LogP contribution is -1.61. The Morgan fingerprint density at radius 1 is 1.62 bits per heavy atom. The molecule has 0 aliphatic carbocycles. The van der Waals surface area contributed by atoms with Gasteiger partial charge in [-0.1, -0.05) is 25.2 Å². The van der Waals surface area contributed by atoms with Crippen LogP contribution in [0.4, 0.5) is 0 Å². The predicted molar refractivity (Wildman–Crippen MR) is 42.2 cm³/mol. The van der Waals surface area contributed by atoms with Crippen molar-refractivity contribution in [1.82, 2.24) is 0 Å². The van der Waals surface area contributed by atoms with Crippen LogP contribution in [-0.2, 0) is 0 Å². The van der Waals surface area contributed by atoms with E-state index in [4.69, 9.17) is 0 Å². The van der Waals surface area contributed by atoms with E-state index in [9.17, 15) is 0 Å². The predicted octanol–water partition coefficient (Wildman–Crippen LogP) is 2.79. The SMILES string of the molecule is C/C=C\C=C(/S)CC. The van der Waals surface area contributed by atoms with Crippen LogP contribution in [0.5, 0.6) is 0 Å². The first kappa shape index (κ1) is 7.83. The minimum absolute atomic E-state index is 1.02. The summed E-state index contributed by atoms with van der Waals surface area (Å²) in [4.78, 5) is 1.13. The first-order chi connectivity index (χ1) is 3.81. The van der Waals surface area contributed by atoms with E-state index in [2.05, 4.69) is 19.6 Å². The summed E-state index contributed by atoms with van der Waals surface area (Å²) in [5.41, 5.74) is 0. The molecule has 0 N–H and O–H groups in total. The minimum Gasteiger partial charge on any atom is -0.148 e. The molecule has 0 bridgehead atoms. The summed E-state index contributed by atoms with van der Waals surface area (Å²) in [5.74, 6) is 0. The molecule has 0 spiro atoms. The summed E-state index contributed by atoms with van der Waals surface area (Å²) in [7, 11) is 0. The van der Waals surface area contributed by atoms with Crippen LogP contribution < -0.4 is 0 Å². The molecule has 8 heavy (non-hydrogen) atoms. The first-order valence-corrected chi connectivity index (χ1v) is 3.26. The zero-order valence-corrected chi connectivity index (χ0v) is 6.28. The standard InChI is InChI=1S/C7H12S/c1-3-5-6-7(8)4-2/h3,5-6,8H,4H2,1-2H3/b5-3-,7-6-. The van der Waals surface area contributed by atoms with E-state index >= 15 is 0 Å². The molecule has 0 amide bonds. The molecule has 0 aromatic rings. The van der Waals surface area contributed by atoms with Crippen LogP contribution in [0.15, 0.2) is 23.1 Å². The maximum absolute atomic E-state index is 4.17. The van der Waals surface area contributed by atoms with Gasteiger partial charge in [0.1, 0.15) is 0 Å². The highest BCUT2D eigenvalue weighted by Crippen LogP contribution is 2.03. The Kier molecular flexibility index (Phi) is 4.87. The van der Waals surface area contributed by atoms with E-state index in [0.29, 0.717) is 0 Å². The molecule has 0 saturated heterocycles. The third-order valence-electron chi connectivity index (χ3n) is 0.843. The third kappa shape index (κ3) is 4.00. The van der Waals surface area contributed by atoms with Gasteiger partial charge in [-0.2, -0.15) is 0 Å². The lowest BCUT2D eigenvalue weighted by molar-refractivity contribution is 1.20. The van der Waals surface area contributed by atoms with E-state index in [0.717, 1.165) is 11.3 Å². The van der Waals surface area contributed by atoms with Crippen LogP contribution >= 0.6 is 12.6 Å². The zero-order chi connectivity index (χ0) is 6.41. The molecule has 0 unspecified atom stereocenters. The van der Waals surface area contributed by atoms with E-state index in [1.807, 2.05) is 25.2 Å².